The smallest absolute Gasteiger partial charge is 0.254 e. The molecule has 1 saturated heterocycles. The summed E-state index contributed by atoms with van der Waals surface area (Å²) >= 11 is 1.95. The van der Waals surface area contributed by atoms with Crippen molar-refractivity contribution in [3.05, 3.63) is 23.4 Å². The molecule has 21 heavy (non-hydrogen) atoms. The lowest BCUT2D eigenvalue weighted by Gasteiger charge is -2.23. The molecular formula is C16H25N3OS. The highest BCUT2D eigenvalue weighted by atomic mass is 32.2. The van der Waals surface area contributed by atoms with Gasteiger partial charge < -0.3 is 10.2 Å². The van der Waals surface area contributed by atoms with Gasteiger partial charge in [-0.25, -0.2) is 4.98 Å². The van der Waals surface area contributed by atoms with Crippen LogP contribution in [0.4, 0.5) is 5.82 Å². The monoisotopic (exact) mass is 307 g/mol. The number of carbonyl (C=O) groups excluding carboxylic acids is 1. The summed E-state index contributed by atoms with van der Waals surface area (Å²) in [6, 6.07) is 3.77. The fraction of sp³-hybridized carbons (Fsp3) is 0.625. The van der Waals surface area contributed by atoms with E-state index in [4.69, 9.17) is 0 Å². The molecule has 0 spiro atoms. The molecule has 1 aromatic heterocycles. The van der Waals surface area contributed by atoms with Crippen molar-refractivity contribution < 1.29 is 4.79 Å². The maximum atomic E-state index is 12.8. The zero-order valence-electron chi connectivity index (χ0n) is 13.4. The number of pyridine rings is 1. The van der Waals surface area contributed by atoms with Gasteiger partial charge in [0.05, 0.1) is 0 Å². The Labute approximate surface area is 131 Å². The second kappa shape index (κ2) is 6.69. The van der Waals surface area contributed by atoms with Crippen molar-refractivity contribution in [2.24, 2.45) is 0 Å². The van der Waals surface area contributed by atoms with Crippen molar-refractivity contribution in [1.29, 1.82) is 0 Å². The highest BCUT2D eigenvalue weighted by Gasteiger charge is 2.26. The topological polar surface area (TPSA) is 45.2 Å². The zero-order valence-corrected chi connectivity index (χ0v) is 14.2. The highest BCUT2D eigenvalue weighted by molar-refractivity contribution is 8.00. The molecule has 2 rings (SSSR count). The molecular weight excluding hydrogens is 282 g/mol. The van der Waals surface area contributed by atoms with Gasteiger partial charge in [0, 0.05) is 41.9 Å². The standard InChI is InChI=1S/C16H25N3OS/c1-5-13-10-12(11-14(17-4)18-13)15(20)19-7-6-16(2,3)21-9-8-19/h10-11H,5-9H2,1-4H3,(H,17,18). The maximum Gasteiger partial charge on any atom is 0.254 e. The highest BCUT2D eigenvalue weighted by Crippen LogP contribution is 2.31. The first-order chi connectivity index (χ1) is 9.95. The van der Waals surface area contributed by atoms with Crippen LogP contribution >= 0.6 is 11.8 Å². The molecule has 5 heteroatoms. The third-order valence-electron chi connectivity index (χ3n) is 3.87. The third-order valence-corrected chi connectivity index (χ3v) is 5.24. The van der Waals surface area contributed by atoms with Crippen LogP contribution in [0, 0.1) is 0 Å². The molecule has 1 aliphatic rings. The minimum atomic E-state index is 0.127. The van der Waals surface area contributed by atoms with Gasteiger partial charge in [0.15, 0.2) is 0 Å². The first-order valence-electron chi connectivity index (χ1n) is 7.57. The van der Waals surface area contributed by atoms with Gasteiger partial charge in [0.2, 0.25) is 0 Å². The van der Waals surface area contributed by atoms with E-state index in [1.54, 1.807) is 0 Å². The van der Waals surface area contributed by atoms with Gasteiger partial charge >= 0.3 is 0 Å². The van der Waals surface area contributed by atoms with Crippen molar-refractivity contribution in [2.75, 3.05) is 31.2 Å². The van der Waals surface area contributed by atoms with Crippen LogP contribution in [0.5, 0.6) is 0 Å². The third kappa shape index (κ3) is 4.13. The van der Waals surface area contributed by atoms with E-state index < -0.39 is 0 Å². The maximum absolute atomic E-state index is 12.8. The van der Waals surface area contributed by atoms with Crippen LogP contribution in [0.15, 0.2) is 12.1 Å². The van der Waals surface area contributed by atoms with E-state index in [1.165, 1.54) is 0 Å². The summed E-state index contributed by atoms with van der Waals surface area (Å²) in [5, 5.41) is 3.04. The lowest BCUT2D eigenvalue weighted by atomic mass is 10.1. The Morgan fingerprint density at radius 3 is 2.86 bits per heavy atom. The molecule has 116 valence electrons. The zero-order chi connectivity index (χ0) is 15.5. The van der Waals surface area contributed by atoms with E-state index in [0.717, 1.165) is 48.8 Å². The summed E-state index contributed by atoms with van der Waals surface area (Å²) in [4.78, 5) is 19.2. The minimum Gasteiger partial charge on any atom is -0.373 e. The van der Waals surface area contributed by atoms with E-state index in [2.05, 4.69) is 31.1 Å². The Bertz CT molecular complexity index is 494. The molecule has 2 heterocycles. The van der Waals surface area contributed by atoms with Gasteiger partial charge in [-0.1, -0.05) is 20.8 Å². The average Bonchev–Trinajstić information content (AvgIpc) is 2.66. The molecule has 0 bridgehead atoms. The first kappa shape index (κ1) is 16.1. The largest absolute Gasteiger partial charge is 0.373 e. The number of aromatic nitrogens is 1. The second-order valence-corrected chi connectivity index (χ2v) is 7.79. The van der Waals surface area contributed by atoms with Crippen molar-refractivity contribution >= 4 is 23.5 Å². The van der Waals surface area contributed by atoms with Gasteiger partial charge in [-0.15, -0.1) is 0 Å². The number of amides is 1. The van der Waals surface area contributed by atoms with Crippen LogP contribution in [-0.4, -0.2) is 46.4 Å². The number of anilines is 1. The van der Waals surface area contributed by atoms with E-state index in [0.29, 0.717) is 0 Å². The van der Waals surface area contributed by atoms with Crippen LogP contribution in [0.2, 0.25) is 0 Å². The lowest BCUT2D eigenvalue weighted by molar-refractivity contribution is 0.0764. The predicted octanol–water partition coefficient (Wildman–Crippen LogP) is 3.04. The molecule has 1 N–H and O–H groups in total. The normalized spacial score (nSPS) is 18.2. The predicted molar refractivity (Wildman–Crippen MR) is 90.2 cm³/mol. The molecule has 0 unspecified atom stereocenters. The Balaban J connectivity index is 2.19. The van der Waals surface area contributed by atoms with Crippen LogP contribution in [0.25, 0.3) is 0 Å². The molecule has 0 radical (unpaired) electrons. The SMILES string of the molecule is CCc1cc(C(=O)N2CCSC(C)(C)CC2)cc(NC)n1. The van der Waals surface area contributed by atoms with Gasteiger partial charge in [-0.2, -0.15) is 11.8 Å². The van der Waals surface area contributed by atoms with Crippen LogP contribution in [-0.2, 0) is 6.42 Å². The van der Waals surface area contributed by atoms with Gasteiger partial charge in [-0.3, -0.25) is 4.79 Å². The Morgan fingerprint density at radius 1 is 1.43 bits per heavy atom. The van der Waals surface area contributed by atoms with Gasteiger partial charge in [0.25, 0.3) is 5.91 Å². The number of rotatable bonds is 3. The number of nitrogens with one attached hydrogen (secondary N) is 1. The van der Waals surface area contributed by atoms with Crippen molar-refractivity contribution in [2.45, 2.75) is 38.4 Å². The van der Waals surface area contributed by atoms with E-state index in [1.807, 2.05) is 35.8 Å². The molecule has 4 nitrogen and oxygen atoms in total. The fourth-order valence-electron chi connectivity index (χ4n) is 2.43. The minimum absolute atomic E-state index is 0.127. The molecule has 1 fully saturated rings. The Hall–Kier alpha value is -1.23. The summed E-state index contributed by atoms with van der Waals surface area (Å²) in [5.41, 5.74) is 1.70. The van der Waals surface area contributed by atoms with E-state index in [9.17, 15) is 4.79 Å². The number of aryl methyl sites for hydroxylation is 1. The Kier molecular flexibility index (Phi) is 5.14. The second-order valence-electron chi connectivity index (χ2n) is 5.99. The van der Waals surface area contributed by atoms with Gasteiger partial charge in [-0.05, 0) is 25.0 Å². The molecule has 0 saturated carbocycles. The number of hydrogen-bond acceptors (Lipinski definition) is 4. The number of thioether (sulfide) groups is 1. The van der Waals surface area contributed by atoms with E-state index >= 15 is 0 Å². The molecule has 1 amide bonds. The average molecular weight is 307 g/mol. The number of hydrogen-bond donors (Lipinski definition) is 1. The quantitative estimate of drug-likeness (QED) is 0.932. The molecule has 0 atom stereocenters. The summed E-state index contributed by atoms with van der Waals surface area (Å²) < 4.78 is 0.262. The Morgan fingerprint density at radius 2 is 2.19 bits per heavy atom. The molecule has 0 aromatic carbocycles. The van der Waals surface area contributed by atoms with Crippen molar-refractivity contribution in [3.8, 4) is 0 Å². The number of nitrogens with zero attached hydrogens (tertiary/aromatic N) is 2. The first-order valence-corrected chi connectivity index (χ1v) is 8.55. The van der Waals surface area contributed by atoms with E-state index in [-0.39, 0.29) is 10.7 Å². The lowest BCUT2D eigenvalue weighted by Crippen LogP contribution is -2.33. The van der Waals surface area contributed by atoms with Crippen molar-refractivity contribution in [1.82, 2.24) is 9.88 Å². The van der Waals surface area contributed by atoms with Crippen LogP contribution in [0.3, 0.4) is 0 Å². The fourth-order valence-corrected chi connectivity index (χ4v) is 3.53. The number of carbonyl (C=O) groups is 1. The molecule has 0 aliphatic carbocycles. The van der Waals surface area contributed by atoms with Crippen LogP contribution < -0.4 is 5.32 Å². The van der Waals surface area contributed by atoms with Crippen LogP contribution in [0.1, 0.15) is 43.2 Å². The molecule has 1 aliphatic heterocycles. The summed E-state index contributed by atoms with van der Waals surface area (Å²) in [5.74, 6) is 1.90. The summed E-state index contributed by atoms with van der Waals surface area (Å²) in [7, 11) is 1.83. The van der Waals surface area contributed by atoms with Gasteiger partial charge in [0.1, 0.15) is 5.82 Å². The summed E-state index contributed by atoms with van der Waals surface area (Å²) in [6.45, 7) is 8.23. The molecule has 1 aromatic rings. The van der Waals surface area contributed by atoms with Crippen molar-refractivity contribution in [3.63, 3.8) is 0 Å². The summed E-state index contributed by atoms with van der Waals surface area (Å²) in [6.07, 6.45) is 1.87.